The highest BCUT2D eigenvalue weighted by atomic mass is 16.6. The van der Waals surface area contributed by atoms with Crippen molar-refractivity contribution in [1.29, 1.82) is 5.26 Å². The van der Waals surface area contributed by atoms with E-state index in [0.717, 1.165) is 47.2 Å². The van der Waals surface area contributed by atoms with Crippen LogP contribution in [0.4, 0.5) is 10.5 Å². The lowest BCUT2D eigenvalue weighted by Gasteiger charge is -2.43. The Bertz CT molecular complexity index is 1420. The Hall–Kier alpha value is -4.38. The second-order valence-corrected chi connectivity index (χ2v) is 11.0. The van der Waals surface area contributed by atoms with Crippen LogP contribution in [-0.4, -0.2) is 35.7 Å². The zero-order valence-corrected chi connectivity index (χ0v) is 22.5. The van der Waals surface area contributed by atoms with E-state index in [0.29, 0.717) is 11.6 Å². The summed E-state index contributed by atoms with van der Waals surface area (Å²) in [7, 11) is 0. The Labute approximate surface area is 228 Å². The molecule has 3 aromatic rings. The highest BCUT2D eigenvalue weighted by molar-refractivity contribution is 5.99. The van der Waals surface area contributed by atoms with Crippen LogP contribution >= 0.6 is 0 Å². The molecule has 0 atom stereocenters. The molecule has 0 bridgehead atoms. The molecule has 8 nitrogen and oxygen atoms in total. The second kappa shape index (κ2) is 10.4. The number of nitriles is 1. The standard InChI is InChI=1S/C31H32N4O4/c1-30(2,3)39-29(37)34-31(15-7-16-31)23-13-11-22(12-14-23)27-24(21-9-5-4-6-10-21)19-25-28(33-27)38-20-26(36)35(25)18-8-17-32/h4-6,9-14,19H,7-8,15-16,18,20H2,1-3H3,(H,34,37). The Morgan fingerprint density at radius 3 is 2.46 bits per heavy atom. The van der Waals surface area contributed by atoms with Crippen LogP contribution in [0.25, 0.3) is 22.4 Å². The van der Waals surface area contributed by atoms with Gasteiger partial charge in [0.25, 0.3) is 5.91 Å². The van der Waals surface area contributed by atoms with E-state index in [1.807, 2.05) is 81.4 Å². The molecule has 1 aliphatic carbocycles. The van der Waals surface area contributed by atoms with Gasteiger partial charge in [0.05, 0.1) is 23.7 Å². The van der Waals surface area contributed by atoms with Gasteiger partial charge in [0, 0.05) is 17.7 Å². The fraction of sp³-hybridized carbons (Fsp3) is 0.355. The van der Waals surface area contributed by atoms with Crippen molar-refractivity contribution in [2.75, 3.05) is 18.1 Å². The number of nitrogens with zero attached hydrogens (tertiary/aromatic N) is 3. The van der Waals surface area contributed by atoms with Gasteiger partial charge in [0.2, 0.25) is 5.88 Å². The van der Waals surface area contributed by atoms with Crippen LogP contribution in [0.5, 0.6) is 5.88 Å². The minimum absolute atomic E-state index is 0.118. The molecule has 2 heterocycles. The topological polar surface area (TPSA) is 105 Å². The number of rotatable bonds is 6. The SMILES string of the molecule is CC(C)(C)OC(=O)NC1(c2ccc(-c3nc4c(cc3-c3ccccc3)N(CCC#N)C(=O)CO4)cc2)CCC1. The number of fused-ring (bicyclic) bond motifs is 1. The molecule has 1 aliphatic heterocycles. The maximum absolute atomic E-state index is 12.6. The molecular weight excluding hydrogens is 492 g/mol. The Balaban J connectivity index is 1.52. The summed E-state index contributed by atoms with van der Waals surface area (Å²) in [6, 6.07) is 22.0. The van der Waals surface area contributed by atoms with Crippen molar-refractivity contribution in [2.24, 2.45) is 0 Å². The van der Waals surface area contributed by atoms with E-state index in [1.54, 1.807) is 4.90 Å². The van der Waals surface area contributed by atoms with Gasteiger partial charge >= 0.3 is 6.09 Å². The van der Waals surface area contributed by atoms with Crippen molar-refractivity contribution >= 4 is 17.7 Å². The number of aromatic nitrogens is 1. The maximum Gasteiger partial charge on any atom is 0.408 e. The summed E-state index contributed by atoms with van der Waals surface area (Å²) in [5.41, 5.74) is 3.99. The first-order chi connectivity index (χ1) is 18.7. The highest BCUT2D eigenvalue weighted by Crippen LogP contribution is 2.44. The van der Waals surface area contributed by atoms with Crippen LogP contribution in [0.1, 0.15) is 52.0 Å². The van der Waals surface area contributed by atoms with Crippen LogP contribution in [0.15, 0.2) is 60.7 Å². The molecule has 0 radical (unpaired) electrons. The molecule has 0 spiro atoms. The molecule has 2 amide bonds. The van der Waals surface area contributed by atoms with Gasteiger partial charge in [-0.15, -0.1) is 0 Å². The van der Waals surface area contributed by atoms with E-state index in [9.17, 15) is 9.59 Å². The number of carbonyl (C=O) groups excluding carboxylic acids is 2. The van der Waals surface area contributed by atoms with Crippen molar-refractivity contribution in [3.05, 3.63) is 66.2 Å². The molecule has 1 fully saturated rings. The van der Waals surface area contributed by atoms with E-state index in [-0.39, 0.29) is 25.5 Å². The maximum atomic E-state index is 12.6. The van der Waals surface area contributed by atoms with Crippen molar-refractivity contribution in [3.63, 3.8) is 0 Å². The minimum atomic E-state index is -0.568. The van der Waals surface area contributed by atoms with E-state index < -0.39 is 17.2 Å². The van der Waals surface area contributed by atoms with Crippen molar-refractivity contribution in [2.45, 2.75) is 57.6 Å². The van der Waals surface area contributed by atoms with E-state index in [4.69, 9.17) is 19.7 Å². The largest absolute Gasteiger partial charge is 0.466 e. The molecule has 200 valence electrons. The third kappa shape index (κ3) is 5.44. The summed E-state index contributed by atoms with van der Waals surface area (Å²) in [6.45, 7) is 5.73. The van der Waals surface area contributed by atoms with Crippen LogP contribution in [-0.2, 0) is 15.1 Å². The van der Waals surface area contributed by atoms with Gasteiger partial charge in [-0.3, -0.25) is 4.79 Å². The van der Waals surface area contributed by atoms with Gasteiger partial charge in [-0.05, 0) is 57.2 Å². The van der Waals surface area contributed by atoms with Gasteiger partial charge in [-0.25, -0.2) is 9.78 Å². The number of alkyl carbamates (subject to hydrolysis) is 1. The Morgan fingerprint density at radius 1 is 1.13 bits per heavy atom. The molecule has 1 N–H and O–H groups in total. The fourth-order valence-electron chi connectivity index (χ4n) is 5.05. The normalized spacial score (nSPS) is 15.8. The third-order valence-corrected chi connectivity index (χ3v) is 7.08. The van der Waals surface area contributed by atoms with Gasteiger partial charge in [0.1, 0.15) is 11.3 Å². The third-order valence-electron chi connectivity index (χ3n) is 7.08. The summed E-state index contributed by atoms with van der Waals surface area (Å²) in [6.07, 6.45) is 2.52. The average Bonchev–Trinajstić information content (AvgIpc) is 2.89. The number of hydrogen-bond acceptors (Lipinski definition) is 6. The summed E-state index contributed by atoms with van der Waals surface area (Å²) < 4.78 is 11.3. The van der Waals surface area contributed by atoms with Gasteiger partial charge < -0.3 is 19.7 Å². The smallest absolute Gasteiger partial charge is 0.408 e. The number of ether oxygens (including phenoxy) is 2. The van der Waals surface area contributed by atoms with Crippen LogP contribution in [0, 0.1) is 11.3 Å². The molecule has 2 aliphatic rings. The van der Waals surface area contributed by atoms with Gasteiger partial charge in [-0.1, -0.05) is 54.6 Å². The van der Waals surface area contributed by atoms with Crippen molar-refractivity contribution in [3.8, 4) is 34.3 Å². The zero-order valence-electron chi connectivity index (χ0n) is 22.5. The first-order valence-electron chi connectivity index (χ1n) is 13.2. The number of carbonyl (C=O) groups is 2. The van der Waals surface area contributed by atoms with E-state index >= 15 is 0 Å². The van der Waals surface area contributed by atoms with Gasteiger partial charge in [-0.2, -0.15) is 5.26 Å². The van der Waals surface area contributed by atoms with Crippen LogP contribution < -0.4 is 15.0 Å². The van der Waals surface area contributed by atoms with Crippen molar-refractivity contribution < 1.29 is 19.1 Å². The predicted octanol–water partition coefficient (Wildman–Crippen LogP) is 5.96. The summed E-state index contributed by atoms with van der Waals surface area (Å²) in [5.74, 6) is 0.173. The Kier molecular flexibility index (Phi) is 7.00. The van der Waals surface area contributed by atoms with E-state index in [1.165, 1.54) is 0 Å². The first kappa shape index (κ1) is 26.2. The molecule has 8 heteroatoms. The van der Waals surface area contributed by atoms with Crippen LogP contribution in [0.3, 0.4) is 0 Å². The van der Waals surface area contributed by atoms with Crippen LogP contribution in [0.2, 0.25) is 0 Å². The summed E-state index contributed by atoms with van der Waals surface area (Å²) in [5, 5.41) is 12.2. The second-order valence-electron chi connectivity index (χ2n) is 11.0. The lowest BCUT2D eigenvalue weighted by molar-refractivity contribution is -0.121. The number of benzene rings is 2. The van der Waals surface area contributed by atoms with Crippen molar-refractivity contribution in [1.82, 2.24) is 10.3 Å². The lowest BCUT2D eigenvalue weighted by Crippen LogP contribution is -2.52. The number of nitrogens with one attached hydrogen (secondary N) is 1. The molecule has 0 saturated heterocycles. The monoisotopic (exact) mass is 524 g/mol. The Morgan fingerprint density at radius 2 is 1.85 bits per heavy atom. The number of pyridine rings is 1. The molecule has 1 aromatic heterocycles. The summed E-state index contributed by atoms with van der Waals surface area (Å²) in [4.78, 5) is 31.6. The quantitative estimate of drug-likeness (QED) is 0.427. The fourth-order valence-corrected chi connectivity index (χ4v) is 5.05. The molecule has 2 aromatic carbocycles. The van der Waals surface area contributed by atoms with Gasteiger partial charge in [0.15, 0.2) is 6.61 Å². The number of amides is 2. The average molecular weight is 525 g/mol. The predicted molar refractivity (Wildman–Crippen MR) is 148 cm³/mol. The summed E-state index contributed by atoms with van der Waals surface area (Å²) >= 11 is 0. The molecule has 39 heavy (non-hydrogen) atoms. The molecule has 1 saturated carbocycles. The first-order valence-corrected chi connectivity index (χ1v) is 13.2. The highest BCUT2D eigenvalue weighted by Gasteiger charge is 2.41. The molecule has 0 unspecified atom stereocenters. The lowest BCUT2D eigenvalue weighted by atomic mass is 9.71. The van der Waals surface area contributed by atoms with E-state index in [2.05, 4.69) is 11.4 Å². The molecular formula is C31H32N4O4. The number of hydrogen-bond donors (Lipinski definition) is 1. The molecule has 5 rings (SSSR count). The number of anilines is 1. The minimum Gasteiger partial charge on any atom is -0.466 e. The zero-order chi connectivity index (χ0) is 27.6.